The number of anilines is 1. The summed E-state index contributed by atoms with van der Waals surface area (Å²) in [4.78, 5) is 4.13. The zero-order chi connectivity index (χ0) is 11.1. The molecule has 0 aliphatic carbocycles. The van der Waals surface area contributed by atoms with E-state index in [0.29, 0.717) is 5.56 Å². The summed E-state index contributed by atoms with van der Waals surface area (Å²) in [5, 5.41) is 11.8. The van der Waals surface area contributed by atoms with Crippen LogP contribution in [0.3, 0.4) is 0 Å². The van der Waals surface area contributed by atoms with Crippen molar-refractivity contribution in [3.05, 3.63) is 23.9 Å². The molecule has 0 saturated carbocycles. The van der Waals surface area contributed by atoms with Gasteiger partial charge in [-0.3, -0.25) is 0 Å². The minimum absolute atomic E-state index is 0.600. The zero-order valence-electron chi connectivity index (χ0n) is 9.33. The van der Waals surface area contributed by atoms with E-state index in [2.05, 4.69) is 24.1 Å². The van der Waals surface area contributed by atoms with E-state index < -0.39 is 0 Å². The fourth-order valence-corrected chi connectivity index (χ4v) is 1.29. The van der Waals surface area contributed by atoms with Crippen molar-refractivity contribution in [1.29, 1.82) is 5.26 Å². The molecular weight excluding hydrogens is 186 g/mol. The van der Waals surface area contributed by atoms with Gasteiger partial charge >= 0.3 is 0 Å². The zero-order valence-corrected chi connectivity index (χ0v) is 9.33. The summed E-state index contributed by atoms with van der Waals surface area (Å²) in [6, 6.07) is 5.66. The Morgan fingerprint density at radius 2 is 2.27 bits per heavy atom. The Hall–Kier alpha value is -1.56. The van der Waals surface area contributed by atoms with Crippen LogP contribution in [0.15, 0.2) is 18.3 Å². The lowest BCUT2D eigenvalue weighted by molar-refractivity contribution is 0.566. The summed E-state index contributed by atoms with van der Waals surface area (Å²) < 4.78 is 0. The Bertz CT molecular complexity index is 322. The minimum Gasteiger partial charge on any atom is -0.370 e. The van der Waals surface area contributed by atoms with Crippen LogP contribution in [0.25, 0.3) is 0 Å². The van der Waals surface area contributed by atoms with Crippen molar-refractivity contribution >= 4 is 5.82 Å². The largest absolute Gasteiger partial charge is 0.370 e. The first-order chi connectivity index (χ1) is 7.22. The lowest BCUT2D eigenvalue weighted by Crippen LogP contribution is -2.04. The third-order valence-corrected chi connectivity index (χ3v) is 2.16. The third kappa shape index (κ3) is 4.46. The highest BCUT2D eigenvalue weighted by Gasteiger charge is 1.96. The first kappa shape index (κ1) is 11.5. The van der Waals surface area contributed by atoms with Gasteiger partial charge in [0, 0.05) is 12.7 Å². The molecule has 0 saturated heterocycles. The van der Waals surface area contributed by atoms with Crippen LogP contribution in [0.4, 0.5) is 5.82 Å². The number of aromatic nitrogens is 1. The van der Waals surface area contributed by atoms with Gasteiger partial charge < -0.3 is 5.32 Å². The molecule has 3 heteroatoms. The van der Waals surface area contributed by atoms with Gasteiger partial charge in [0.1, 0.15) is 11.9 Å². The van der Waals surface area contributed by atoms with Crippen LogP contribution >= 0.6 is 0 Å². The molecule has 1 aromatic rings. The highest BCUT2D eigenvalue weighted by atomic mass is 15.0. The molecule has 0 unspecified atom stereocenters. The highest BCUT2D eigenvalue weighted by Crippen LogP contribution is 2.06. The SMILES string of the molecule is CC(C)CCCNc1ccc(C#N)cn1. The summed E-state index contributed by atoms with van der Waals surface area (Å²) >= 11 is 0. The normalized spacial score (nSPS) is 10.0. The molecule has 0 bridgehead atoms. The van der Waals surface area contributed by atoms with Gasteiger partial charge in [0.05, 0.1) is 5.56 Å². The summed E-state index contributed by atoms with van der Waals surface area (Å²) in [6.45, 7) is 5.39. The quantitative estimate of drug-likeness (QED) is 0.748. The second kappa shape index (κ2) is 6.02. The van der Waals surface area contributed by atoms with Crippen LogP contribution in [0.5, 0.6) is 0 Å². The molecule has 0 aliphatic rings. The lowest BCUT2D eigenvalue weighted by Gasteiger charge is -2.06. The molecule has 3 nitrogen and oxygen atoms in total. The van der Waals surface area contributed by atoms with E-state index in [1.54, 1.807) is 12.3 Å². The number of rotatable bonds is 5. The van der Waals surface area contributed by atoms with Crippen LogP contribution in [-0.2, 0) is 0 Å². The van der Waals surface area contributed by atoms with Gasteiger partial charge in [-0.2, -0.15) is 5.26 Å². The van der Waals surface area contributed by atoms with Crippen molar-refractivity contribution in [2.45, 2.75) is 26.7 Å². The van der Waals surface area contributed by atoms with Crippen molar-refractivity contribution in [3.63, 3.8) is 0 Å². The molecule has 1 heterocycles. The maximum Gasteiger partial charge on any atom is 0.125 e. The van der Waals surface area contributed by atoms with Gasteiger partial charge in [-0.25, -0.2) is 4.98 Å². The van der Waals surface area contributed by atoms with Gasteiger partial charge in [-0.15, -0.1) is 0 Å². The van der Waals surface area contributed by atoms with E-state index in [4.69, 9.17) is 5.26 Å². The van der Waals surface area contributed by atoms with Crippen LogP contribution in [0.1, 0.15) is 32.3 Å². The van der Waals surface area contributed by atoms with Crippen LogP contribution in [0, 0.1) is 17.2 Å². The first-order valence-corrected chi connectivity index (χ1v) is 5.32. The number of nitrogens with zero attached hydrogens (tertiary/aromatic N) is 2. The second-order valence-electron chi connectivity index (χ2n) is 4.01. The highest BCUT2D eigenvalue weighted by molar-refractivity contribution is 5.38. The van der Waals surface area contributed by atoms with Crippen molar-refractivity contribution in [3.8, 4) is 6.07 Å². The molecule has 0 amide bonds. The fourth-order valence-electron chi connectivity index (χ4n) is 1.29. The molecule has 1 rings (SSSR count). The van der Waals surface area contributed by atoms with Crippen molar-refractivity contribution < 1.29 is 0 Å². The van der Waals surface area contributed by atoms with E-state index in [0.717, 1.165) is 24.7 Å². The minimum atomic E-state index is 0.600. The number of hydrogen-bond acceptors (Lipinski definition) is 3. The monoisotopic (exact) mass is 203 g/mol. The van der Waals surface area contributed by atoms with Crippen LogP contribution in [0.2, 0.25) is 0 Å². The molecule has 0 radical (unpaired) electrons. The van der Waals surface area contributed by atoms with E-state index in [1.165, 1.54) is 6.42 Å². The maximum atomic E-state index is 8.59. The summed E-state index contributed by atoms with van der Waals surface area (Å²) in [7, 11) is 0. The molecule has 1 N–H and O–H groups in total. The molecule has 0 aliphatic heterocycles. The molecular formula is C12H17N3. The standard InChI is InChI=1S/C12H17N3/c1-10(2)4-3-7-14-12-6-5-11(8-13)9-15-12/h5-6,9-10H,3-4,7H2,1-2H3,(H,14,15). The Balaban J connectivity index is 2.29. The van der Waals surface area contributed by atoms with E-state index in [9.17, 15) is 0 Å². The third-order valence-electron chi connectivity index (χ3n) is 2.16. The van der Waals surface area contributed by atoms with E-state index in [1.807, 2.05) is 12.1 Å². The van der Waals surface area contributed by atoms with Crippen molar-refractivity contribution in [2.75, 3.05) is 11.9 Å². The molecule has 80 valence electrons. The van der Waals surface area contributed by atoms with Crippen LogP contribution < -0.4 is 5.32 Å². The Morgan fingerprint density at radius 1 is 1.47 bits per heavy atom. The smallest absolute Gasteiger partial charge is 0.125 e. The number of pyridine rings is 1. The van der Waals surface area contributed by atoms with Gasteiger partial charge in [0.15, 0.2) is 0 Å². The summed E-state index contributed by atoms with van der Waals surface area (Å²) in [5.41, 5.74) is 0.600. The predicted octanol–water partition coefficient (Wildman–Crippen LogP) is 2.80. The number of hydrogen-bond donors (Lipinski definition) is 1. The molecule has 15 heavy (non-hydrogen) atoms. The topological polar surface area (TPSA) is 48.7 Å². The molecule has 0 spiro atoms. The second-order valence-corrected chi connectivity index (χ2v) is 4.01. The molecule has 1 aromatic heterocycles. The number of nitrogens with one attached hydrogen (secondary N) is 1. The Labute approximate surface area is 91.1 Å². The van der Waals surface area contributed by atoms with Crippen LogP contribution in [-0.4, -0.2) is 11.5 Å². The Kier molecular flexibility index (Phi) is 4.62. The lowest BCUT2D eigenvalue weighted by atomic mass is 10.1. The average molecular weight is 203 g/mol. The van der Waals surface area contributed by atoms with E-state index in [-0.39, 0.29) is 0 Å². The van der Waals surface area contributed by atoms with Gasteiger partial charge in [-0.05, 0) is 30.9 Å². The van der Waals surface area contributed by atoms with E-state index >= 15 is 0 Å². The molecule has 0 atom stereocenters. The maximum absolute atomic E-state index is 8.59. The number of nitriles is 1. The predicted molar refractivity (Wildman–Crippen MR) is 61.5 cm³/mol. The van der Waals surface area contributed by atoms with Gasteiger partial charge in [0.2, 0.25) is 0 Å². The fraction of sp³-hybridized carbons (Fsp3) is 0.500. The summed E-state index contributed by atoms with van der Waals surface area (Å²) in [6.07, 6.45) is 3.97. The summed E-state index contributed by atoms with van der Waals surface area (Å²) in [5.74, 6) is 1.60. The molecule has 0 aromatic carbocycles. The molecule has 0 fully saturated rings. The van der Waals surface area contributed by atoms with Gasteiger partial charge in [0.25, 0.3) is 0 Å². The average Bonchev–Trinajstić information content (AvgIpc) is 2.25. The Morgan fingerprint density at radius 3 is 2.80 bits per heavy atom. The van der Waals surface area contributed by atoms with Crippen molar-refractivity contribution in [2.24, 2.45) is 5.92 Å². The van der Waals surface area contributed by atoms with Crippen molar-refractivity contribution in [1.82, 2.24) is 4.98 Å². The van der Waals surface area contributed by atoms with Gasteiger partial charge in [-0.1, -0.05) is 13.8 Å². The first-order valence-electron chi connectivity index (χ1n) is 5.32.